The molecule has 0 radical (unpaired) electrons. The van der Waals surface area contributed by atoms with Crippen LogP contribution in [0.5, 0.6) is 5.75 Å². The van der Waals surface area contributed by atoms with Gasteiger partial charge in [0.05, 0.1) is 0 Å². The van der Waals surface area contributed by atoms with Crippen molar-refractivity contribution < 1.29 is 5.11 Å². The summed E-state index contributed by atoms with van der Waals surface area (Å²) in [4.78, 5) is 0. The molecule has 17 heavy (non-hydrogen) atoms. The Hall–Kier alpha value is -1.50. The van der Waals surface area contributed by atoms with Crippen LogP contribution in [-0.2, 0) is 6.42 Å². The lowest BCUT2D eigenvalue weighted by atomic mass is 9.79. The second-order valence-electron chi connectivity index (χ2n) is 5.34. The van der Waals surface area contributed by atoms with Crippen molar-refractivity contribution in [3.8, 4) is 5.75 Å². The van der Waals surface area contributed by atoms with Crippen LogP contribution < -0.4 is 0 Å². The fourth-order valence-corrected chi connectivity index (χ4v) is 2.64. The zero-order valence-electron chi connectivity index (χ0n) is 11.0. The molecule has 1 aromatic rings. The Morgan fingerprint density at radius 1 is 1.06 bits per heavy atom. The molecule has 1 aromatic carbocycles. The molecule has 0 saturated heterocycles. The van der Waals surface area contributed by atoms with E-state index in [0.717, 1.165) is 6.42 Å². The van der Waals surface area contributed by atoms with Gasteiger partial charge in [0.1, 0.15) is 5.75 Å². The van der Waals surface area contributed by atoms with Crippen LogP contribution in [0.15, 0.2) is 47.1 Å². The van der Waals surface area contributed by atoms with E-state index in [1.807, 2.05) is 12.1 Å². The highest BCUT2D eigenvalue weighted by Gasteiger charge is 2.30. The predicted octanol–water partition coefficient (Wildman–Crippen LogP) is 4.24. The first-order valence-electron chi connectivity index (χ1n) is 6.08. The molecule has 1 nitrogen and oxygen atoms in total. The average Bonchev–Trinajstić information content (AvgIpc) is 2.47. The van der Waals surface area contributed by atoms with Crippen LogP contribution in [0, 0.1) is 5.41 Å². The zero-order chi connectivity index (χ0) is 12.6. The lowest BCUT2D eigenvalue weighted by Crippen LogP contribution is -2.16. The number of hydrogen-bond donors (Lipinski definition) is 1. The van der Waals surface area contributed by atoms with E-state index >= 15 is 0 Å². The number of allylic oxidation sites excluding steroid dienone is 4. The number of phenolic OH excluding ortho intramolecular Hbond substituents is 1. The van der Waals surface area contributed by atoms with Crippen LogP contribution in [0.1, 0.15) is 33.3 Å². The van der Waals surface area contributed by atoms with Gasteiger partial charge in [0.15, 0.2) is 0 Å². The number of benzene rings is 1. The van der Waals surface area contributed by atoms with Crippen LogP contribution in [-0.4, -0.2) is 5.11 Å². The number of hydrogen-bond acceptors (Lipinski definition) is 1. The normalized spacial score (nSPS) is 24.1. The van der Waals surface area contributed by atoms with Gasteiger partial charge in [-0.25, -0.2) is 0 Å². The minimum absolute atomic E-state index is 0.130. The summed E-state index contributed by atoms with van der Waals surface area (Å²) in [7, 11) is 0. The third-order valence-electron chi connectivity index (χ3n) is 4.05. The highest BCUT2D eigenvalue weighted by atomic mass is 16.3. The third-order valence-corrected chi connectivity index (χ3v) is 4.05. The number of aromatic hydroxyl groups is 1. The first-order valence-corrected chi connectivity index (χ1v) is 6.08. The fourth-order valence-electron chi connectivity index (χ4n) is 2.64. The number of rotatable bonds is 2. The Labute approximate surface area is 103 Å². The third kappa shape index (κ3) is 2.14. The Kier molecular flexibility index (Phi) is 2.86. The molecule has 1 aliphatic carbocycles. The summed E-state index contributed by atoms with van der Waals surface area (Å²) >= 11 is 0. The topological polar surface area (TPSA) is 20.2 Å². The van der Waals surface area contributed by atoms with Gasteiger partial charge < -0.3 is 5.11 Å². The molecule has 1 heteroatoms. The second-order valence-corrected chi connectivity index (χ2v) is 5.34. The van der Waals surface area contributed by atoms with E-state index < -0.39 is 0 Å². The molecule has 1 aliphatic rings. The number of phenols is 1. The molecule has 0 saturated carbocycles. The maximum atomic E-state index is 9.30. The molecule has 0 fully saturated rings. The molecule has 0 heterocycles. The van der Waals surface area contributed by atoms with E-state index in [4.69, 9.17) is 0 Å². The van der Waals surface area contributed by atoms with Gasteiger partial charge in [-0.3, -0.25) is 0 Å². The Balaban J connectivity index is 2.28. The van der Waals surface area contributed by atoms with Crippen molar-refractivity contribution in [1.29, 1.82) is 0 Å². The molecule has 90 valence electrons. The minimum atomic E-state index is 0.130. The highest BCUT2D eigenvalue weighted by molar-refractivity contribution is 5.46. The Bertz CT molecular complexity index is 491. The largest absolute Gasteiger partial charge is 0.508 e. The summed E-state index contributed by atoms with van der Waals surface area (Å²) in [5, 5.41) is 9.30. The van der Waals surface area contributed by atoms with Crippen molar-refractivity contribution in [2.24, 2.45) is 5.41 Å². The summed E-state index contributed by atoms with van der Waals surface area (Å²) in [6.07, 6.45) is 3.36. The summed E-state index contributed by atoms with van der Waals surface area (Å²) in [5.74, 6) is 0.334. The van der Waals surface area contributed by atoms with Crippen molar-refractivity contribution in [2.75, 3.05) is 0 Å². The van der Waals surface area contributed by atoms with Gasteiger partial charge >= 0.3 is 0 Å². The van der Waals surface area contributed by atoms with Crippen molar-refractivity contribution >= 4 is 0 Å². The maximum absolute atomic E-state index is 9.30. The SMILES string of the molecule is CC1=CC(C)(Cc2ccc(O)cc2)C(C)=C1C. The van der Waals surface area contributed by atoms with Gasteiger partial charge in [-0.1, -0.05) is 36.3 Å². The van der Waals surface area contributed by atoms with E-state index in [1.165, 1.54) is 22.3 Å². The van der Waals surface area contributed by atoms with E-state index in [0.29, 0.717) is 5.75 Å². The van der Waals surface area contributed by atoms with Gasteiger partial charge in [0.2, 0.25) is 0 Å². The van der Waals surface area contributed by atoms with Gasteiger partial charge in [0, 0.05) is 5.41 Å². The van der Waals surface area contributed by atoms with Crippen LogP contribution >= 0.6 is 0 Å². The standard InChI is InChI=1S/C16H20O/c1-11-9-16(4,13(3)12(11)2)10-14-5-7-15(17)8-6-14/h5-9,17H,10H2,1-4H3. The summed E-state index contributed by atoms with van der Waals surface area (Å²) in [5.41, 5.74) is 5.67. The first-order chi connectivity index (χ1) is 7.92. The van der Waals surface area contributed by atoms with Crippen LogP contribution in [0.4, 0.5) is 0 Å². The minimum Gasteiger partial charge on any atom is -0.508 e. The molecular weight excluding hydrogens is 208 g/mol. The first kappa shape index (κ1) is 12.0. The van der Waals surface area contributed by atoms with Gasteiger partial charge in [-0.2, -0.15) is 0 Å². The van der Waals surface area contributed by atoms with Crippen LogP contribution in [0.3, 0.4) is 0 Å². The molecule has 1 N–H and O–H groups in total. The van der Waals surface area contributed by atoms with E-state index in [1.54, 1.807) is 12.1 Å². The molecule has 2 rings (SSSR count). The molecule has 1 unspecified atom stereocenters. The van der Waals surface area contributed by atoms with Crippen molar-refractivity contribution in [3.05, 3.63) is 52.6 Å². The van der Waals surface area contributed by atoms with E-state index in [2.05, 4.69) is 33.8 Å². The molecule has 0 amide bonds. The van der Waals surface area contributed by atoms with Gasteiger partial charge in [-0.05, 0) is 50.5 Å². The quantitative estimate of drug-likeness (QED) is 0.802. The van der Waals surface area contributed by atoms with E-state index in [9.17, 15) is 5.11 Å². The smallest absolute Gasteiger partial charge is 0.115 e. The van der Waals surface area contributed by atoms with Gasteiger partial charge in [-0.15, -0.1) is 0 Å². The van der Waals surface area contributed by atoms with Crippen molar-refractivity contribution in [3.63, 3.8) is 0 Å². The average molecular weight is 228 g/mol. The van der Waals surface area contributed by atoms with E-state index in [-0.39, 0.29) is 5.41 Å². The summed E-state index contributed by atoms with van der Waals surface area (Å²) in [6, 6.07) is 7.53. The Morgan fingerprint density at radius 2 is 1.65 bits per heavy atom. The predicted molar refractivity (Wildman–Crippen MR) is 72.0 cm³/mol. The Morgan fingerprint density at radius 3 is 2.12 bits per heavy atom. The fraction of sp³-hybridized carbons (Fsp3) is 0.375. The van der Waals surface area contributed by atoms with Crippen molar-refractivity contribution in [2.45, 2.75) is 34.1 Å². The van der Waals surface area contributed by atoms with Crippen LogP contribution in [0.25, 0.3) is 0 Å². The molecule has 0 spiro atoms. The second kappa shape index (κ2) is 4.06. The van der Waals surface area contributed by atoms with Crippen LogP contribution in [0.2, 0.25) is 0 Å². The molecule has 0 aliphatic heterocycles. The monoisotopic (exact) mass is 228 g/mol. The lowest BCUT2D eigenvalue weighted by Gasteiger charge is -2.25. The highest BCUT2D eigenvalue weighted by Crippen LogP contribution is 2.42. The molecule has 0 aromatic heterocycles. The van der Waals surface area contributed by atoms with Crippen molar-refractivity contribution in [1.82, 2.24) is 0 Å². The molecular formula is C16H20O. The zero-order valence-corrected chi connectivity index (χ0v) is 11.0. The maximum Gasteiger partial charge on any atom is 0.115 e. The molecule has 1 atom stereocenters. The lowest BCUT2D eigenvalue weighted by molar-refractivity contribution is 0.473. The molecule has 0 bridgehead atoms. The van der Waals surface area contributed by atoms with Gasteiger partial charge in [0.25, 0.3) is 0 Å². The summed E-state index contributed by atoms with van der Waals surface area (Å²) in [6.45, 7) is 8.89. The summed E-state index contributed by atoms with van der Waals surface area (Å²) < 4.78 is 0.